The molecule has 0 radical (unpaired) electrons. The van der Waals surface area contributed by atoms with E-state index in [0.717, 1.165) is 5.56 Å². The van der Waals surface area contributed by atoms with Crippen LogP contribution in [0.25, 0.3) is 28.4 Å². The number of Topliss-reactive ketones (excluding diaryl/α,β-unsaturated/α-hetero) is 1. The predicted octanol–water partition coefficient (Wildman–Crippen LogP) is 7.47. The van der Waals surface area contributed by atoms with Crippen LogP contribution in [-0.4, -0.2) is 18.4 Å². The summed E-state index contributed by atoms with van der Waals surface area (Å²) in [7, 11) is 0. The van der Waals surface area contributed by atoms with Gasteiger partial charge in [-0.2, -0.15) is 0 Å². The van der Waals surface area contributed by atoms with Crippen molar-refractivity contribution in [3.63, 3.8) is 0 Å². The molecule has 2 heterocycles. The van der Waals surface area contributed by atoms with E-state index in [1.165, 1.54) is 30.3 Å². The highest BCUT2D eigenvalue weighted by Gasteiger charge is 2.29. The molecule has 1 aliphatic rings. The molecule has 6 nitrogen and oxygen atoms in total. The smallest absolute Gasteiger partial charge is 0.348 e. The quantitative estimate of drug-likeness (QED) is 0.131. The molecule has 6 rings (SSSR count). The summed E-state index contributed by atoms with van der Waals surface area (Å²) in [4.78, 5) is 26.4. The zero-order chi connectivity index (χ0) is 26.9. The van der Waals surface area contributed by atoms with Gasteiger partial charge in [0.05, 0.1) is 12.2 Å². The van der Waals surface area contributed by atoms with Crippen molar-refractivity contribution in [2.45, 2.75) is 6.92 Å². The molecule has 0 saturated carbocycles. The molecule has 0 unspecified atom stereocenters. The average Bonchev–Trinajstić information content (AvgIpc) is 3.47. The Morgan fingerprint density at radius 3 is 2.46 bits per heavy atom. The summed E-state index contributed by atoms with van der Waals surface area (Å²) in [6, 6.07) is 24.9. The number of hydrogen-bond donors (Lipinski definition) is 0. The number of furan rings is 1. The van der Waals surface area contributed by atoms with Gasteiger partial charge in [-0.15, -0.1) is 0 Å². The van der Waals surface area contributed by atoms with Crippen LogP contribution in [0.2, 0.25) is 0 Å². The summed E-state index contributed by atoms with van der Waals surface area (Å²) in [5.74, 6) is 0.207. The molecule has 0 N–H and O–H groups in total. The lowest BCUT2D eigenvalue weighted by Crippen LogP contribution is -2.09. The Hall–Kier alpha value is -5.17. The van der Waals surface area contributed by atoms with Crippen LogP contribution in [0.5, 0.6) is 17.2 Å². The Balaban J connectivity index is 1.33. The second kappa shape index (κ2) is 9.95. The number of carbonyl (C=O) groups excluding carboxylic acids is 2. The Kier molecular flexibility index (Phi) is 6.17. The van der Waals surface area contributed by atoms with Gasteiger partial charge in [0.25, 0.3) is 0 Å². The minimum Gasteiger partial charge on any atom is -0.494 e. The molecule has 0 fully saturated rings. The van der Waals surface area contributed by atoms with Gasteiger partial charge < -0.3 is 18.6 Å². The van der Waals surface area contributed by atoms with Gasteiger partial charge in [-0.25, -0.2) is 9.18 Å². The molecule has 4 aromatic carbocycles. The summed E-state index contributed by atoms with van der Waals surface area (Å²) in [6.07, 6.45) is 1.53. The van der Waals surface area contributed by atoms with E-state index >= 15 is 0 Å². The van der Waals surface area contributed by atoms with E-state index in [9.17, 15) is 14.0 Å². The van der Waals surface area contributed by atoms with E-state index in [1.54, 1.807) is 36.4 Å². The normalized spacial score (nSPS) is 13.4. The molecule has 0 atom stereocenters. The lowest BCUT2D eigenvalue weighted by atomic mass is 10.1. The van der Waals surface area contributed by atoms with Crippen molar-refractivity contribution in [3.8, 4) is 28.6 Å². The molecule has 1 aromatic heterocycles. The maximum atomic E-state index is 13.6. The van der Waals surface area contributed by atoms with Crippen molar-refractivity contribution in [2.24, 2.45) is 0 Å². The Morgan fingerprint density at radius 1 is 0.923 bits per heavy atom. The largest absolute Gasteiger partial charge is 0.494 e. The second-order valence-electron chi connectivity index (χ2n) is 8.80. The first-order valence-corrected chi connectivity index (χ1v) is 12.3. The van der Waals surface area contributed by atoms with Gasteiger partial charge in [0.2, 0.25) is 5.78 Å². The standard InChI is InChI=1S/C32H21FO6/c1-2-36-22-13-15-26-25(17-22)29(31(39-26)20-6-4-3-5-7-20)32(35)37-23-12-14-24-27(18-23)38-28(30(24)34)16-19-8-10-21(33)11-9-19/h3-18H,2H2,1H3. The highest BCUT2D eigenvalue weighted by atomic mass is 19.1. The lowest BCUT2D eigenvalue weighted by molar-refractivity contribution is 0.0736. The molecule has 0 aliphatic carbocycles. The number of ketones is 1. The van der Waals surface area contributed by atoms with Gasteiger partial charge in [-0.1, -0.05) is 42.5 Å². The van der Waals surface area contributed by atoms with E-state index in [-0.39, 0.29) is 34.4 Å². The molecular formula is C32H21FO6. The van der Waals surface area contributed by atoms with E-state index in [2.05, 4.69) is 0 Å². The average molecular weight is 521 g/mol. The third kappa shape index (κ3) is 4.66. The zero-order valence-electron chi connectivity index (χ0n) is 20.8. The second-order valence-corrected chi connectivity index (χ2v) is 8.80. The number of benzene rings is 4. The summed E-state index contributed by atoms with van der Waals surface area (Å²) >= 11 is 0. The van der Waals surface area contributed by atoms with E-state index in [0.29, 0.717) is 40.2 Å². The fourth-order valence-electron chi connectivity index (χ4n) is 4.43. The Bertz CT molecular complexity index is 1750. The highest BCUT2D eigenvalue weighted by molar-refractivity contribution is 6.15. The number of allylic oxidation sites excluding steroid dienone is 1. The molecule has 5 aromatic rings. The number of hydrogen-bond acceptors (Lipinski definition) is 6. The minimum atomic E-state index is -0.632. The van der Waals surface area contributed by atoms with Crippen LogP contribution in [0.4, 0.5) is 4.39 Å². The van der Waals surface area contributed by atoms with Gasteiger partial charge in [0, 0.05) is 17.0 Å². The van der Waals surface area contributed by atoms with Crippen molar-refractivity contribution in [1.82, 2.24) is 0 Å². The Morgan fingerprint density at radius 2 is 1.69 bits per heavy atom. The topological polar surface area (TPSA) is 75.0 Å². The number of rotatable bonds is 6. The van der Waals surface area contributed by atoms with Crippen molar-refractivity contribution in [2.75, 3.05) is 6.61 Å². The Labute approximate surface area is 222 Å². The van der Waals surface area contributed by atoms with Crippen LogP contribution < -0.4 is 14.2 Å². The summed E-state index contributed by atoms with van der Waals surface area (Å²) < 4.78 is 36.5. The van der Waals surface area contributed by atoms with Crippen molar-refractivity contribution < 1.29 is 32.6 Å². The lowest BCUT2D eigenvalue weighted by Gasteiger charge is -2.07. The fraction of sp³-hybridized carbons (Fsp3) is 0.0625. The number of halogens is 1. The van der Waals surface area contributed by atoms with Crippen LogP contribution in [0.1, 0.15) is 33.2 Å². The van der Waals surface area contributed by atoms with Crippen LogP contribution in [0.3, 0.4) is 0 Å². The number of esters is 1. The monoisotopic (exact) mass is 520 g/mol. The van der Waals surface area contributed by atoms with Crippen LogP contribution in [-0.2, 0) is 0 Å². The first-order valence-electron chi connectivity index (χ1n) is 12.3. The molecule has 0 saturated heterocycles. The third-order valence-corrected chi connectivity index (χ3v) is 6.23. The van der Waals surface area contributed by atoms with Crippen molar-refractivity contribution >= 4 is 28.8 Å². The predicted molar refractivity (Wildman–Crippen MR) is 144 cm³/mol. The fourth-order valence-corrected chi connectivity index (χ4v) is 4.43. The number of carbonyl (C=O) groups is 2. The third-order valence-electron chi connectivity index (χ3n) is 6.23. The zero-order valence-corrected chi connectivity index (χ0v) is 20.8. The molecule has 0 spiro atoms. The van der Waals surface area contributed by atoms with E-state index in [4.69, 9.17) is 18.6 Å². The molecule has 1 aliphatic heterocycles. The maximum absolute atomic E-state index is 13.6. The molecule has 192 valence electrons. The van der Waals surface area contributed by atoms with Crippen molar-refractivity contribution in [1.29, 1.82) is 0 Å². The molecular weight excluding hydrogens is 499 g/mol. The number of ether oxygens (including phenoxy) is 3. The summed E-state index contributed by atoms with van der Waals surface area (Å²) in [5, 5.41) is 0.557. The molecule has 39 heavy (non-hydrogen) atoms. The molecule has 0 bridgehead atoms. The summed E-state index contributed by atoms with van der Waals surface area (Å²) in [6.45, 7) is 2.35. The maximum Gasteiger partial charge on any atom is 0.348 e. The van der Waals surface area contributed by atoms with Crippen LogP contribution >= 0.6 is 0 Å². The molecule has 0 amide bonds. The molecule has 7 heteroatoms. The van der Waals surface area contributed by atoms with E-state index < -0.39 is 5.97 Å². The van der Waals surface area contributed by atoms with Gasteiger partial charge in [0.1, 0.15) is 40.0 Å². The highest BCUT2D eigenvalue weighted by Crippen LogP contribution is 2.38. The summed E-state index contributed by atoms with van der Waals surface area (Å²) in [5.41, 5.74) is 2.45. The first-order chi connectivity index (χ1) is 19.0. The SMILES string of the molecule is CCOc1ccc2oc(-c3ccccc3)c(C(=O)Oc3ccc4c(c3)OC(=Cc3ccc(F)cc3)C4=O)c2c1. The van der Waals surface area contributed by atoms with E-state index in [1.807, 2.05) is 37.3 Å². The minimum absolute atomic E-state index is 0.0933. The van der Waals surface area contributed by atoms with Crippen molar-refractivity contribution in [3.05, 3.63) is 119 Å². The van der Waals surface area contributed by atoms with Crippen LogP contribution in [0.15, 0.2) is 101 Å². The number of fused-ring (bicyclic) bond motifs is 2. The van der Waals surface area contributed by atoms with Gasteiger partial charge >= 0.3 is 5.97 Å². The van der Waals surface area contributed by atoms with Crippen LogP contribution in [0, 0.1) is 5.82 Å². The van der Waals surface area contributed by atoms with Gasteiger partial charge in [-0.05, 0) is 61.0 Å². The van der Waals surface area contributed by atoms with Gasteiger partial charge in [0.15, 0.2) is 5.76 Å². The first kappa shape index (κ1) is 24.2. The van der Waals surface area contributed by atoms with Gasteiger partial charge in [-0.3, -0.25) is 4.79 Å².